The van der Waals surface area contributed by atoms with Crippen molar-refractivity contribution in [3.8, 4) is 5.75 Å². The Hall–Kier alpha value is -3.31. The molecular formula is C27H25N2O4P. The number of fused-ring (bicyclic) bond motifs is 1. The lowest BCUT2D eigenvalue weighted by Crippen LogP contribution is -2.29. The van der Waals surface area contributed by atoms with Gasteiger partial charge >= 0.3 is 7.60 Å². The Labute approximate surface area is 199 Å². The Morgan fingerprint density at radius 1 is 0.824 bits per heavy atom. The third-order valence-electron chi connectivity index (χ3n) is 5.47. The first kappa shape index (κ1) is 22.5. The number of benzene rings is 3. The number of hydrogen-bond acceptors (Lipinski definition) is 6. The minimum Gasteiger partial charge on any atom is -0.456 e. The van der Waals surface area contributed by atoms with Crippen LogP contribution in [0.15, 0.2) is 101 Å². The average molecular weight is 472 g/mol. The van der Waals surface area contributed by atoms with Gasteiger partial charge in [-0.15, -0.1) is 0 Å². The first-order valence-electron chi connectivity index (χ1n) is 11.1. The van der Waals surface area contributed by atoms with Crippen molar-refractivity contribution >= 4 is 30.4 Å². The minimum absolute atomic E-state index is 0.207. The van der Waals surface area contributed by atoms with Crippen LogP contribution in [-0.4, -0.2) is 13.2 Å². The normalized spacial score (nSPS) is 19.9. The van der Waals surface area contributed by atoms with Crippen molar-refractivity contribution < 1.29 is 18.3 Å². The number of nitrogens with zero attached hydrogens (tertiary/aromatic N) is 2. The Morgan fingerprint density at radius 2 is 1.47 bits per heavy atom. The lowest BCUT2D eigenvalue weighted by Gasteiger charge is -2.35. The molecule has 1 saturated heterocycles. The first-order chi connectivity index (χ1) is 16.4. The molecule has 0 unspecified atom stereocenters. The van der Waals surface area contributed by atoms with Gasteiger partial charge in [0.1, 0.15) is 16.8 Å². The topological polar surface area (TPSA) is 69.5 Å². The number of hydrogen-bond donors (Lipinski definition) is 0. The van der Waals surface area contributed by atoms with Gasteiger partial charge in [0.2, 0.25) is 0 Å². The standard InChI is InChI=1S/C27H25N2O4P/c1-27(2)18-31-34(30,32-19-27)26(20-9-5-3-6-10-20)25-15-13-21-17-23(14-16-24(21)33-25)29-28-22-11-7-4-8-12-22/h3-17H,18-19H2,1-2H3/b26-25+,29-28?. The number of rotatable bonds is 4. The van der Waals surface area contributed by atoms with Gasteiger partial charge in [-0.1, -0.05) is 62.4 Å². The number of allylic oxidation sites excluding steroid dienone is 1. The summed E-state index contributed by atoms with van der Waals surface area (Å²) < 4.78 is 31.8. The highest BCUT2D eigenvalue weighted by molar-refractivity contribution is 7.65. The molecular weight excluding hydrogens is 447 g/mol. The van der Waals surface area contributed by atoms with Gasteiger partial charge in [0, 0.05) is 11.0 Å². The summed E-state index contributed by atoms with van der Waals surface area (Å²) in [6, 6.07) is 24.6. The highest BCUT2D eigenvalue weighted by Crippen LogP contribution is 2.65. The minimum atomic E-state index is -3.59. The van der Waals surface area contributed by atoms with Crippen molar-refractivity contribution in [2.24, 2.45) is 15.6 Å². The summed E-state index contributed by atoms with van der Waals surface area (Å²) in [4.78, 5) is 0. The fraction of sp³-hybridized carbons (Fsp3) is 0.185. The SMILES string of the molecule is CC1(C)COP(=O)(/C(=C2\C=Cc3cc(N=Nc4ccccc4)ccc3O2)c2ccccc2)OC1. The highest BCUT2D eigenvalue weighted by atomic mass is 31.2. The summed E-state index contributed by atoms with van der Waals surface area (Å²) in [5, 5.41) is 9.02. The van der Waals surface area contributed by atoms with E-state index in [4.69, 9.17) is 13.8 Å². The van der Waals surface area contributed by atoms with E-state index >= 15 is 0 Å². The van der Waals surface area contributed by atoms with Crippen LogP contribution >= 0.6 is 7.60 Å². The van der Waals surface area contributed by atoms with Crippen LogP contribution in [0.1, 0.15) is 25.0 Å². The highest BCUT2D eigenvalue weighted by Gasteiger charge is 2.42. The van der Waals surface area contributed by atoms with E-state index in [0.717, 1.165) is 16.8 Å². The molecule has 3 aromatic carbocycles. The monoisotopic (exact) mass is 472 g/mol. The second-order valence-corrected chi connectivity index (χ2v) is 10.9. The zero-order valence-corrected chi connectivity index (χ0v) is 19.9. The van der Waals surface area contributed by atoms with Crippen LogP contribution < -0.4 is 4.74 Å². The molecule has 34 heavy (non-hydrogen) atoms. The summed E-state index contributed by atoms with van der Waals surface area (Å²) in [7, 11) is -3.59. The smallest absolute Gasteiger partial charge is 0.365 e. The second-order valence-electron chi connectivity index (χ2n) is 8.98. The molecule has 0 amide bonds. The van der Waals surface area contributed by atoms with Gasteiger partial charge in [0.25, 0.3) is 0 Å². The van der Waals surface area contributed by atoms with Crippen molar-refractivity contribution in [1.82, 2.24) is 0 Å². The molecule has 0 N–H and O–H groups in total. The molecule has 1 fully saturated rings. The number of azo groups is 1. The molecule has 7 heteroatoms. The van der Waals surface area contributed by atoms with E-state index in [0.29, 0.717) is 35.7 Å². The number of ether oxygens (including phenoxy) is 1. The molecule has 0 saturated carbocycles. The summed E-state index contributed by atoms with van der Waals surface area (Å²) in [6.45, 7) is 4.71. The van der Waals surface area contributed by atoms with Crippen LogP contribution in [0.2, 0.25) is 0 Å². The van der Waals surface area contributed by atoms with Gasteiger partial charge < -0.3 is 13.8 Å². The molecule has 2 aliphatic heterocycles. The molecule has 0 radical (unpaired) electrons. The molecule has 172 valence electrons. The van der Waals surface area contributed by atoms with Crippen molar-refractivity contribution in [2.45, 2.75) is 13.8 Å². The third kappa shape index (κ3) is 4.80. The van der Waals surface area contributed by atoms with Crippen LogP contribution in [0.25, 0.3) is 11.4 Å². The van der Waals surface area contributed by atoms with Crippen molar-refractivity contribution in [3.63, 3.8) is 0 Å². The maximum absolute atomic E-state index is 13.9. The van der Waals surface area contributed by atoms with Gasteiger partial charge in [-0.25, -0.2) is 0 Å². The van der Waals surface area contributed by atoms with Crippen LogP contribution in [0, 0.1) is 5.41 Å². The maximum atomic E-state index is 13.9. The third-order valence-corrected chi connectivity index (χ3v) is 7.43. The summed E-state index contributed by atoms with van der Waals surface area (Å²) in [6.07, 6.45) is 3.72. The molecule has 5 rings (SSSR count). The van der Waals surface area contributed by atoms with E-state index in [2.05, 4.69) is 10.2 Å². The van der Waals surface area contributed by atoms with Crippen molar-refractivity contribution in [1.29, 1.82) is 0 Å². The van der Waals surface area contributed by atoms with E-state index < -0.39 is 7.60 Å². The van der Waals surface area contributed by atoms with Gasteiger partial charge in [-0.3, -0.25) is 4.57 Å². The molecule has 0 aromatic heterocycles. The molecule has 0 atom stereocenters. The average Bonchev–Trinajstić information content (AvgIpc) is 2.86. The molecule has 0 bridgehead atoms. The van der Waals surface area contributed by atoms with Crippen LogP contribution in [0.4, 0.5) is 11.4 Å². The molecule has 0 spiro atoms. The van der Waals surface area contributed by atoms with E-state index in [1.807, 2.05) is 98.8 Å². The van der Waals surface area contributed by atoms with Crippen molar-refractivity contribution in [2.75, 3.05) is 13.2 Å². The van der Waals surface area contributed by atoms with Gasteiger partial charge in [0.15, 0.2) is 0 Å². The maximum Gasteiger partial charge on any atom is 0.365 e. The van der Waals surface area contributed by atoms with Crippen LogP contribution in [0.5, 0.6) is 5.75 Å². The van der Waals surface area contributed by atoms with E-state index in [1.165, 1.54) is 0 Å². The fourth-order valence-electron chi connectivity index (χ4n) is 3.64. The Morgan fingerprint density at radius 3 is 2.18 bits per heavy atom. The predicted octanol–water partition coefficient (Wildman–Crippen LogP) is 8.14. The molecule has 0 aliphatic carbocycles. The zero-order chi connectivity index (χ0) is 23.6. The first-order valence-corrected chi connectivity index (χ1v) is 12.6. The van der Waals surface area contributed by atoms with E-state index in [-0.39, 0.29) is 5.41 Å². The van der Waals surface area contributed by atoms with Crippen LogP contribution in [0.3, 0.4) is 0 Å². The largest absolute Gasteiger partial charge is 0.456 e. The van der Waals surface area contributed by atoms with Crippen molar-refractivity contribution in [3.05, 3.63) is 102 Å². The summed E-state index contributed by atoms with van der Waals surface area (Å²) in [5.74, 6) is 1.08. The lowest BCUT2D eigenvalue weighted by molar-refractivity contribution is 0.0466. The molecule has 3 aromatic rings. The summed E-state index contributed by atoms with van der Waals surface area (Å²) >= 11 is 0. The quantitative estimate of drug-likeness (QED) is 0.284. The predicted molar refractivity (Wildman–Crippen MR) is 133 cm³/mol. The van der Waals surface area contributed by atoms with E-state index in [9.17, 15) is 4.57 Å². The molecule has 2 heterocycles. The van der Waals surface area contributed by atoms with Gasteiger partial charge in [-0.05, 0) is 48.0 Å². The lowest BCUT2D eigenvalue weighted by atomic mass is 9.97. The fourth-order valence-corrected chi connectivity index (χ4v) is 5.86. The van der Waals surface area contributed by atoms with Crippen LogP contribution in [-0.2, 0) is 13.6 Å². The Kier molecular flexibility index (Phi) is 6.05. The zero-order valence-electron chi connectivity index (χ0n) is 19.0. The Balaban J connectivity index is 1.49. The van der Waals surface area contributed by atoms with Gasteiger partial charge in [-0.2, -0.15) is 10.2 Å². The van der Waals surface area contributed by atoms with E-state index in [1.54, 1.807) is 6.08 Å². The molecule has 2 aliphatic rings. The van der Waals surface area contributed by atoms with Gasteiger partial charge in [0.05, 0.1) is 24.6 Å². The Bertz CT molecular complexity index is 1320. The summed E-state index contributed by atoms with van der Waals surface area (Å²) in [5.41, 5.74) is 2.87. The molecule has 6 nitrogen and oxygen atoms in total. The second kappa shape index (κ2) is 9.15.